The molecule has 0 amide bonds. The Labute approximate surface area is 101 Å². The van der Waals surface area contributed by atoms with Crippen molar-refractivity contribution < 1.29 is 0 Å². The van der Waals surface area contributed by atoms with E-state index >= 15 is 0 Å². The average molecular weight is 226 g/mol. The summed E-state index contributed by atoms with van der Waals surface area (Å²) in [5.41, 5.74) is 6.38. The Morgan fingerprint density at radius 3 is 2.56 bits per heavy atom. The van der Waals surface area contributed by atoms with Gasteiger partial charge in [0.1, 0.15) is 0 Å². The summed E-state index contributed by atoms with van der Waals surface area (Å²) in [5, 5.41) is 3.59. The molecule has 0 radical (unpaired) electrons. The van der Waals surface area contributed by atoms with Crippen LogP contribution in [0.3, 0.4) is 0 Å². The maximum Gasteiger partial charge on any atom is 0.0166 e. The highest BCUT2D eigenvalue weighted by Crippen LogP contribution is 2.31. The minimum absolute atomic E-state index is 0.193. The maximum absolute atomic E-state index is 6.19. The van der Waals surface area contributed by atoms with Crippen molar-refractivity contribution in [1.29, 1.82) is 0 Å². The molecule has 1 fully saturated rings. The van der Waals surface area contributed by atoms with Crippen LogP contribution in [0.15, 0.2) is 0 Å². The summed E-state index contributed by atoms with van der Waals surface area (Å²) in [6.45, 7) is 6.87. The first-order valence-corrected chi connectivity index (χ1v) is 7.20. The smallest absolute Gasteiger partial charge is 0.0166 e. The Morgan fingerprint density at radius 2 is 2.06 bits per heavy atom. The number of nitrogens with one attached hydrogen (secondary N) is 1. The van der Waals surface area contributed by atoms with E-state index in [0.29, 0.717) is 0 Å². The van der Waals surface area contributed by atoms with Crippen LogP contribution in [0.1, 0.15) is 65.2 Å². The standard InChI is InChI=1S/C14H30N2/c1-3-5-7-13(4-2)12-16-11-10-14(15)8-6-9-14/h13,16H,3-12,15H2,1-2H3. The first-order chi connectivity index (χ1) is 7.70. The van der Waals surface area contributed by atoms with E-state index in [1.54, 1.807) is 0 Å². The molecular formula is C14H30N2. The van der Waals surface area contributed by atoms with Gasteiger partial charge in [0.2, 0.25) is 0 Å². The van der Waals surface area contributed by atoms with Crippen molar-refractivity contribution in [2.75, 3.05) is 13.1 Å². The fraction of sp³-hybridized carbons (Fsp3) is 1.00. The summed E-state index contributed by atoms with van der Waals surface area (Å²) >= 11 is 0. The van der Waals surface area contributed by atoms with Gasteiger partial charge < -0.3 is 11.1 Å². The first-order valence-electron chi connectivity index (χ1n) is 7.20. The minimum Gasteiger partial charge on any atom is -0.325 e. The molecule has 1 saturated carbocycles. The molecule has 0 aliphatic heterocycles. The Balaban J connectivity index is 1.99. The second-order valence-electron chi connectivity index (χ2n) is 5.59. The van der Waals surface area contributed by atoms with Gasteiger partial charge in [-0.1, -0.05) is 33.1 Å². The predicted molar refractivity (Wildman–Crippen MR) is 71.6 cm³/mol. The zero-order valence-electron chi connectivity index (χ0n) is 11.2. The van der Waals surface area contributed by atoms with Gasteiger partial charge in [0.25, 0.3) is 0 Å². The highest BCUT2D eigenvalue weighted by molar-refractivity contribution is 4.92. The fourth-order valence-corrected chi connectivity index (χ4v) is 2.47. The van der Waals surface area contributed by atoms with Crippen molar-refractivity contribution in [1.82, 2.24) is 5.32 Å². The second-order valence-corrected chi connectivity index (χ2v) is 5.59. The third kappa shape index (κ3) is 4.84. The van der Waals surface area contributed by atoms with Crippen LogP contribution in [0.2, 0.25) is 0 Å². The van der Waals surface area contributed by atoms with Crippen molar-refractivity contribution in [2.45, 2.75) is 70.8 Å². The molecule has 0 aromatic carbocycles. The molecular weight excluding hydrogens is 196 g/mol. The van der Waals surface area contributed by atoms with Gasteiger partial charge >= 0.3 is 0 Å². The topological polar surface area (TPSA) is 38.0 Å². The van der Waals surface area contributed by atoms with Crippen LogP contribution in [-0.2, 0) is 0 Å². The number of nitrogens with two attached hydrogens (primary N) is 1. The van der Waals surface area contributed by atoms with Crippen molar-refractivity contribution >= 4 is 0 Å². The van der Waals surface area contributed by atoms with Crippen LogP contribution < -0.4 is 11.1 Å². The molecule has 1 aliphatic carbocycles. The summed E-state index contributed by atoms with van der Waals surface area (Å²) < 4.78 is 0. The summed E-state index contributed by atoms with van der Waals surface area (Å²) in [5.74, 6) is 0.870. The summed E-state index contributed by atoms with van der Waals surface area (Å²) in [6.07, 6.45) is 10.4. The second kappa shape index (κ2) is 7.29. The van der Waals surface area contributed by atoms with E-state index in [0.717, 1.165) is 18.9 Å². The lowest BCUT2D eigenvalue weighted by molar-refractivity contribution is 0.227. The lowest BCUT2D eigenvalue weighted by Gasteiger charge is -2.38. The van der Waals surface area contributed by atoms with E-state index in [-0.39, 0.29) is 5.54 Å². The number of rotatable bonds is 9. The molecule has 96 valence electrons. The van der Waals surface area contributed by atoms with E-state index in [2.05, 4.69) is 19.2 Å². The molecule has 2 heteroatoms. The molecule has 0 heterocycles. The van der Waals surface area contributed by atoms with Crippen molar-refractivity contribution in [3.05, 3.63) is 0 Å². The summed E-state index contributed by atoms with van der Waals surface area (Å²) in [7, 11) is 0. The number of unbranched alkanes of at least 4 members (excludes halogenated alkanes) is 1. The van der Waals surface area contributed by atoms with Gasteiger partial charge in [-0.15, -0.1) is 0 Å². The number of hydrogen-bond donors (Lipinski definition) is 2. The lowest BCUT2D eigenvalue weighted by atomic mass is 9.75. The monoisotopic (exact) mass is 226 g/mol. The molecule has 1 unspecified atom stereocenters. The van der Waals surface area contributed by atoms with E-state index in [1.807, 2.05) is 0 Å². The summed E-state index contributed by atoms with van der Waals surface area (Å²) in [6, 6.07) is 0. The van der Waals surface area contributed by atoms with Crippen LogP contribution in [0.4, 0.5) is 0 Å². The minimum atomic E-state index is 0.193. The van der Waals surface area contributed by atoms with Crippen LogP contribution in [0, 0.1) is 5.92 Å². The van der Waals surface area contributed by atoms with Gasteiger partial charge in [0.05, 0.1) is 0 Å². The quantitative estimate of drug-likeness (QED) is 0.593. The van der Waals surface area contributed by atoms with Crippen LogP contribution >= 0.6 is 0 Å². The zero-order chi connectivity index (χ0) is 11.9. The highest BCUT2D eigenvalue weighted by Gasteiger charge is 2.31. The van der Waals surface area contributed by atoms with Gasteiger partial charge in [0.15, 0.2) is 0 Å². The molecule has 16 heavy (non-hydrogen) atoms. The Bertz CT molecular complexity index is 176. The van der Waals surface area contributed by atoms with E-state index < -0.39 is 0 Å². The van der Waals surface area contributed by atoms with Crippen molar-refractivity contribution in [3.8, 4) is 0 Å². The first kappa shape index (κ1) is 14.0. The van der Waals surface area contributed by atoms with Crippen LogP contribution in [-0.4, -0.2) is 18.6 Å². The zero-order valence-corrected chi connectivity index (χ0v) is 11.2. The van der Waals surface area contributed by atoms with Gasteiger partial charge in [-0.25, -0.2) is 0 Å². The molecule has 0 saturated heterocycles. The summed E-state index contributed by atoms with van der Waals surface area (Å²) in [4.78, 5) is 0. The van der Waals surface area contributed by atoms with Gasteiger partial charge in [0, 0.05) is 5.54 Å². The predicted octanol–water partition coefficient (Wildman–Crippen LogP) is 3.06. The van der Waals surface area contributed by atoms with E-state index in [9.17, 15) is 0 Å². The third-order valence-electron chi connectivity index (χ3n) is 4.13. The molecule has 1 atom stereocenters. The van der Waals surface area contributed by atoms with Gasteiger partial charge in [-0.05, 0) is 51.1 Å². The molecule has 1 aliphatic rings. The van der Waals surface area contributed by atoms with E-state index in [1.165, 1.54) is 51.5 Å². The lowest BCUT2D eigenvalue weighted by Crippen LogP contribution is -2.48. The van der Waals surface area contributed by atoms with E-state index in [4.69, 9.17) is 5.73 Å². The Kier molecular flexibility index (Phi) is 6.37. The van der Waals surface area contributed by atoms with Crippen LogP contribution in [0.25, 0.3) is 0 Å². The van der Waals surface area contributed by atoms with Crippen molar-refractivity contribution in [2.24, 2.45) is 11.7 Å². The molecule has 0 spiro atoms. The van der Waals surface area contributed by atoms with Crippen LogP contribution in [0.5, 0.6) is 0 Å². The largest absolute Gasteiger partial charge is 0.325 e. The molecule has 0 aromatic heterocycles. The van der Waals surface area contributed by atoms with Gasteiger partial charge in [-0.2, -0.15) is 0 Å². The van der Waals surface area contributed by atoms with Gasteiger partial charge in [-0.3, -0.25) is 0 Å². The third-order valence-corrected chi connectivity index (χ3v) is 4.13. The SMILES string of the molecule is CCCCC(CC)CNCCC1(N)CCC1. The van der Waals surface area contributed by atoms with Crippen molar-refractivity contribution in [3.63, 3.8) is 0 Å². The maximum atomic E-state index is 6.19. The normalized spacial score (nSPS) is 20.4. The number of hydrogen-bond acceptors (Lipinski definition) is 2. The average Bonchev–Trinajstić information content (AvgIpc) is 2.26. The molecule has 0 bridgehead atoms. The highest BCUT2D eigenvalue weighted by atomic mass is 14.9. The fourth-order valence-electron chi connectivity index (χ4n) is 2.47. The molecule has 2 nitrogen and oxygen atoms in total. The Hall–Kier alpha value is -0.0800. The molecule has 1 rings (SSSR count). The molecule has 3 N–H and O–H groups in total. The molecule has 0 aromatic rings. The Morgan fingerprint density at radius 1 is 1.31 bits per heavy atom.